The van der Waals surface area contributed by atoms with E-state index in [9.17, 15) is 9.59 Å². The van der Waals surface area contributed by atoms with Crippen LogP contribution in [0.5, 0.6) is 5.75 Å². The fourth-order valence-corrected chi connectivity index (χ4v) is 4.40. The molecule has 1 aliphatic heterocycles. The van der Waals surface area contributed by atoms with Crippen molar-refractivity contribution < 1.29 is 19.1 Å². The van der Waals surface area contributed by atoms with Gasteiger partial charge in [0.15, 0.2) is 6.61 Å². The van der Waals surface area contributed by atoms with Gasteiger partial charge in [0.25, 0.3) is 5.91 Å². The molecule has 0 spiro atoms. The lowest BCUT2D eigenvalue weighted by atomic mass is 9.90. The van der Waals surface area contributed by atoms with Crippen molar-refractivity contribution >= 4 is 18.1 Å². The van der Waals surface area contributed by atoms with E-state index in [1.165, 1.54) is 31.1 Å². The number of amides is 1. The molecule has 0 saturated carbocycles. The molecule has 3 aromatic rings. The molecule has 0 radical (unpaired) electrons. The fourth-order valence-electron chi connectivity index (χ4n) is 4.40. The number of carbonyl (C=O) groups excluding carboxylic acids is 2. The summed E-state index contributed by atoms with van der Waals surface area (Å²) in [6.07, 6.45) is 5.16. The summed E-state index contributed by atoms with van der Waals surface area (Å²) in [6, 6.07) is 25.5. The van der Waals surface area contributed by atoms with Crippen molar-refractivity contribution in [2.75, 3.05) is 26.8 Å². The molecule has 0 aliphatic carbocycles. The molecule has 1 saturated heterocycles. The zero-order valence-electron chi connectivity index (χ0n) is 21.1. The molecule has 1 fully saturated rings. The third kappa shape index (κ3) is 8.29. The maximum atomic E-state index is 12.5. The highest BCUT2D eigenvalue weighted by Gasteiger charge is 2.19. The molecule has 3 aromatic carbocycles. The highest BCUT2D eigenvalue weighted by molar-refractivity contribution is 5.94. The standard InChI is InChI=1S/C30H33N3O4/c1-36-29(34)22-37-28-13-9-25(10-14-28)20-31-32-30(35)27-11-7-26(8-12-27)21-33-17-15-24(16-18-33)19-23-5-3-2-4-6-23/h2-14,20,24H,15-19,21-22H2,1H3,(H,32,35)/b31-20-. The molecule has 7 nitrogen and oxygen atoms in total. The van der Waals surface area contributed by atoms with Crippen molar-refractivity contribution in [2.24, 2.45) is 11.0 Å². The second kappa shape index (κ2) is 13.4. The number of piperidine rings is 1. The van der Waals surface area contributed by atoms with Gasteiger partial charge in [0, 0.05) is 12.1 Å². The van der Waals surface area contributed by atoms with Crippen LogP contribution in [-0.2, 0) is 22.5 Å². The van der Waals surface area contributed by atoms with E-state index in [0.29, 0.717) is 11.3 Å². The van der Waals surface area contributed by atoms with Gasteiger partial charge in [-0.15, -0.1) is 0 Å². The number of nitrogens with zero attached hydrogens (tertiary/aromatic N) is 2. The molecular weight excluding hydrogens is 466 g/mol. The monoisotopic (exact) mass is 499 g/mol. The van der Waals surface area contributed by atoms with Gasteiger partial charge in [-0.25, -0.2) is 10.2 Å². The molecule has 192 valence electrons. The zero-order valence-corrected chi connectivity index (χ0v) is 21.1. The number of ether oxygens (including phenoxy) is 2. The first-order valence-corrected chi connectivity index (χ1v) is 12.6. The van der Waals surface area contributed by atoms with Crippen molar-refractivity contribution in [3.8, 4) is 5.75 Å². The van der Waals surface area contributed by atoms with Crippen LogP contribution in [0.3, 0.4) is 0 Å². The molecule has 1 aliphatic rings. The number of methoxy groups -OCH3 is 1. The van der Waals surface area contributed by atoms with Gasteiger partial charge >= 0.3 is 5.97 Å². The van der Waals surface area contributed by atoms with E-state index in [1.807, 2.05) is 24.3 Å². The van der Waals surface area contributed by atoms with Crippen LogP contribution in [0.2, 0.25) is 0 Å². The molecule has 0 atom stereocenters. The van der Waals surface area contributed by atoms with Crippen LogP contribution in [0.25, 0.3) is 0 Å². The number of rotatable bonds is 10. The van der Waals surface area contributed by atoms with Gasteiger partial charge in [-0.3, -0.25) is 9.69 Å². The smallest absolute Gasteiger partial charge is 0.343 e. The second-order valence-corrected chi connectivity index (χ2v) is 9.24. The summed E-state index contributed by atoms with van der Waals surface area (Å²) in [4.78, 5) is 26.1. The maximum Gasteiger partial charge on any atom is 0.343 e. The van der Waals surface area contributed by atoms with Crippen molar-refractivity contribution in [3.63, 3.8) is 0 Å². The minimum Gasteiger partial charge on any atom is -0.482 e. The Kier molecular flexibility index (Phi) is 9.43. The second-order valence-electron chi connectivity index (χ2n) is 9.24. The zero-order chi connectivity index (χ0) is 25.9. The predicted octanol–water partition coefficient (Wildman–Crippen LogP) is 4.46. The number of likely N-dealkylation sites (tertiary alicyclic amines) is 1. The number of carbonyl (C=O) groups is 2. The van der Waals surface area contributed by atoms with E-state index in [1.54, 1.807) is 30.5 Å². The minimum absolute atomic E-state index is 0.147. The molecule has 0 unspecified atom stereocenters. The lowest BCUT2D eigenvalue weighted by Gasteiger charge is -2.32. The summed E-state index contributed by atoms with van der Waals surface area (Å²) in [5.74, 6) is 0.592. The van der Waals surface area contributed by atoms with Crippen molar-refractivity contribution in [1.82, 2.24) is 10.3 Å². The Morgan fingerprint density at radius 3 is 2.32 bits per heavy atom. The van der Waals surface area contributed by atoms with E-state index in [4.69, 9.17) is 4.74 Å². The van der Waals surface area contributed by atoms with Gasteiger partial charge in [0.05, 0.1) is 13.3 Å². The molecule has 37 heavy (non-hydrogen) atoms. The van der Waals surface area contributed by atoms with Crippen LogP contribution in [0, 0.1) is 5.92 Å². The summed E-state index contributed by atoms with van der Waals surface area (Å²) in [5.41, 5.74) is 6.55. The van der Waals surface area contributed by atoms with E-state index in [-0.39, 0.29) is 12.5 Å². The molecule has 4 rings (SSSR count). The molecule has 1 amide bonds. The Balaban J connectivity index is 1.19. The summed E-state index contributed by atoms with van der Waals surface area (Å²) in [7, 11) is 1.31. The molecule has 1 N–H and O–H groups in total. The van der Waals surface area contributed by atoms with Crippen LogP contribution >= 0.6 is 0 Å². The first-order chi connectivity index (χ1) is 18.1. The highest BCUT2D eigenvalue weighted by Crippen LogP contribution is 2.23. The topological polar surface area (TPSA) is 80.2 Å². The minimum atomic E-state index is -0.444. The number of esters is 1. The van der Waals surface area contributed by atoms with Crippen molar-refractivity contribution in [2.45, 2.75) is 25.8 Å². The maximum absolute atomic E-state index is 12.5. The number of hydrogen-bond donors (Lipinski definition) is 1. The first-order valence-electron chi connectivity index (χ1n) is 12.6. The largest absolute Gasteiger partial charge is 0.482 e. The van der Waals surface area contributed by atoms with Crippen LogP contribution in [0.1, 0.15) is 39.9 Å². The lowest BCUT2D eigenvalue weighted by molar-refractivity contribution is -0.142. The number of hydrazone groups is 1. The van der Waals surface area contributed by atoms with Crippen LogP contribution < -0.4 is 10.2 Å². The number of nitrogens with one attached hydrogen (secondary N) is 1. The van der Waals surface area contributed by atoms with Crippen LogP contribution in [-0.4, -0.2) is 49.8 Å². The summed E-state index contributed by atoms with van der Waals surface area (Å²) in [6.45, 7) is 2.96. The molecule has 0 aromatic heterocycles. The summed E-state index contributed by atoms with van der Waals surface area (Å²) < 4.78 is 9.85. The number of hydrogen-bond acceptors (Lipinski definition) is 6. The van der Waals surface area contributed by atoms with E-state index in [0.717, 1.165) is 37.5 Å². The van der Waals surface area contributed by atoms with Gasteiger partial charge < -0.3 is 9.47 Å². The molecular formula is C30H33N3O4. The first kappa shape index (κ1) is 26.1. The van der Waals surface area contributed by atoms with Crippen LogP contribution in [0.4, 0.5) is 0 Å². The summed E-state index contributed by atoms with van der Waals surface area (Å²) in [5, 5.41) is 4.04. The predicted molar refractivity (Wildman–Crippen MR) is 144 cm³/mol. The van der Waals surface area contributed by atoms with Gasteiger partial charge in [-0.2, -0.15) is 5.10 Å². The average molecular weight is 500 g/mol. The molecule has 0 bridgehead atoms. The number of benzene rings is 3. The molecule has 7 heteroatoms. The SMILES string of the molecule is COC(=O)COc1ccc(/C=N\NC(=O)c2ccc(CN3CCC(Cc4ccccc4)CC3)cc2)cc1. The Hall–Kier alpha value is -3.97. The van der Waals surface area contributed by atoms with E-state index in [2.05, 4.69) is 50.5 Å². The Morgan fingerprint density at radius 1 is 0.946 bits per heavy atom. The van der Waals surface area contributed by atoms with Gasteiger partial charge in [-0.1, -0.05) is 42.5 Å². The summed E-state index contributed by atoms with van der Waals surface area (Å²) >= 11 is 0. The third-order valence-electron chi connectivity index (χ3n) is 6.54. The molecule has 1 heterocycles. The fraction of sp³-hybridized carbons (Fsp3) is 0.300. The van der Waals surface area contributed by atoms with Gasteiger partial charge in [0.1, 0.15) is 5.75 Å². The van der Waals surface area contributed by atoms with Gasteiger partial charge in [-0.05, 0) is 91.4 Å². The van der Waals surface area contributed by atoms with E-state index < -0.39 is 5.97 Å². The normalized spacial score (nSPS) is 14.4. The van der Waals surface area contributed by atoms with Crippen molar-refractivity contribution in [1.29, 1.82) is 0 Å². The Morgan fingerprint density at radius 2 is 1.65 bits per heavy atom. The third-order valence-corrected chi connectivity index (χ3v) is 6.54. The Labute approximate surface area is 218 Å². The average Bonchev–Trinajstić information content (AvgIpc) is 2.94. The highest BCUT2D eigenvalue weighted by atomic mass is 16.6. The Bertz CT molecular complexity index is 1170. The van der Waals surface area contributed by atoms with Crippen LogP contribution in [0.15, 0.2) is 84.0 Å². The van der Waals surface area contributed by atoms with Crippen molar-refractivity contribution in [3.05, 3.63) is 101 Å². The quantitative estimate of drug-likeness (QED) is 0.253. The van der Waals surface area contributed by atoms with E-state index >= 15 is 0 Å². The van der Waals surface area contributed by atoms with Gasteiger partial charge in [0.2, 0.25) is 0 Å². The lowest BCUT2D eigenvalue weighted by Crippen LogP contribution is -2.33.